The molecule has 1 aromatic heterocycles. The largest absolute Gasteiger partial charge is 0.422 e. The van der Waals surface area contributed by atoms with E-state index in [4.69, 9.17) is 4.74 Å². The van der Waals surface area contributed by atoms with E-state index in [9.17, 15) is 9.59 Å². The van der Waals surface area contributed by atoms with Gasteiger partial charge >= 0.3 is 5.97 Å². The molecule has 154 valence electrons. The van der Waals surface area contributed by atoms with E-state index in [1.807, 2.05) is 39.8 Å². The van der Waals surface area contributed by atoms with Gasteiger partial charge in [-0.3, -0.25) is 9.78 Å². The minimum atomic E-state index is -0.449. The number of nitrogens with one attached hydrogen (secondary N) is 2. The first kappa shape index (κ1) is 20.9. The molecule has 0 amide bonds. The van der Waals surface area contributed by atoms with E-state index in [0.29, 0.717) is 22.6 Å². The van der Waals surface area contributed by atoms with E-state index < -0.39 is 11.4 Å². The average molecular weight is 405 g/mol. The van der Waals surface area contributed by atoms with Crippen LogP contribution in [0.3, 0.4) is 0 Å². The van der Waals surface area contributed by atoms with Gasteiger partial charge in [0.05, 0.1) is 11.8 Å². The Hall–Kier alpha value is -3.81. The van der Waals surface area contributed by atoms with Crippen LogP contribution in [0.15, 0.2) is 58.4 Å². The molecule has 3 aromatic rings. The summed E-state index contributed by atoms with van der Waals surface area (Å²) in [6.07, 6.45) is 1.47. The topological polar surface area (TPSA) is 109 Å². The van der Waals surface area contributed by atoms with E-state index in [-0.39, 0.29) is 11.5 Å². The number of H-pyrrole nitrogens is 1. The highest BCUT2D eigenvalue weighted by atomic mass is 16.5. The van der Waals surface area contributed by atoms with Crippen LogP contribution in [0.25, 0.3) is 0 Å². The number of carbonyl (C=O) groups is 1. The average Bonchev–Trinajstić information content (AvgIpc) is 2.68. The molecule has 1 heterocycles. The van der Waals surface area contributed by atoms with Gasteiger partial charge in [0, 0.05) is 11.0 Å². The maximum absolute atomic E-state index is 12.5. The Morgan fingerprint density at radius 1 is 1.10 bits per heavy atom. The SMILES string of the molecule is Cc1ccccc1C(=O)Oc1ccccc1/C=N\Nc1nnc(C(C)(C)C)c(=O)[nH]1. The lowest BCUT2D eigenvalue weighted by Crippen LogP contribution is -2.28. The molecule has 0 radical (unpaired) electrons. The predicted octanol–water partition coefficient (Wildman–Crippen LogP) is 3.44. The molecule has 0 bridgehead atoms. The summed E-state index contributed by atoms with van der Waals surface area (Å²) >= 11 is 0. The minimum Gasteiger partial charge on any atom is -0.422 e. The van der Waals surface area contributed by atoms with Gasteiger partial charge in [0.15, 0.2) is 0 Å². The summed E-state index contributed by atoms with van der Waals surface area (Å²) in [5, 5.41) is 12.0. The quantitative estimate of drug-likeness (QED) is 0.291. The van der Waals surface area contributed by atoms with Crippen LogP contribution in [0.1, 0.15) is 48.0 Å². The summed E-state index contributed by atoms with van der Waals surface area (Å²) < 4.78 is 5.54. The Morgan fingerprint density at radius 3 is 2.50 bits per heavy atom. The predicted molar refractivity (Wildman–Crippen MR) is 115 cm³/mol. The third-order valence-corrected chi connectivity index (χ3v) is 4.27. The number of rotatable bonds is 5. The normalized spacial score (nSPS) is 11.5. The van der Waals surface area contributed by atoms with Crippen molar-refractivity contribution < 1.29 is 9.53 Å². The van der Waals surface area contributed by atoms with E-state index in [2.05, 4.69) is 25.7 Å². The summed E-state index contributed by atoms with van der Waals surface area (Å²) in [6.45, 7) is 7.49. The molecule has 0 saturated heterocycles. The van der Waals surface area contributed by atoms with Gasteiger partial charge in [-0.15, -0.1) is 10.2 Å². The van der Waals surface area contributed by atoms with Crippen LogP contribution < -0.4 is 15.7 Å². The molecule has 8 heteroatoms. The monoisotopic (exact) mass is 405 g/mol. The lowest BCUT2D eigenvalue weighted by molar-refractivity contribution is 0.0733. The van der Waals surface area contributed by atoms with Crippen LogP contribution in [-0.2, 0) is 5.41 Å². The third kappa shape index (κ3) is 4.96. The zero-order valence-electron chi connectivity index (χ0n) is 17.3. The number of nitrogens with zero attached hydrogens (tertiary/aromatic N) is 3. The van der Waals surface area contributed by atoms with E-state index in [1.165, 1.54) is 6.21 Å². The van der Waals surface area contributed by atoms with Crippen molar-refractivity contribution >= 4 is 18.1 Å². The van der Waals surface area contributed by atoms with Gasteiger partial charge in [0.25, 0.3) is 5.56 Å². The number of aryl methyl sites for hydroxylation is 1. The zero-order valence-corrected chi connectivity index (χ0v) is 17.3. The van der Waals surface area contributed by atoms with Gasteiger partial charge in [0.2, 0.25) is 5.95 Å². The number of aromatic amines is 1. The Balaban J connectivity index is 1.74. The molecule has 8 nitrogen and oxygen atoms in total. The molecule has 2 N–H and O–H groups in total. The number of hydrogen-bond donors (Lipinski definition) is 2. The van der Waals surface area contributed by atoms with Crippen molar-refractivity contribution in [3.63, 3.8) is 0 Å². The lowest BCUT2D eigenvalue weighted by atomic mass is 9.93. The Kier molecular flexibility index (Phi) is 6.06. The van der Waals surface area contributed by atoms with E-state index in [0.717, 1.165) is 5.56 Å². The fourth-order valence-electron chi connectivity index (χ4n) is 2.68. The van der Waals surface area contributed by atoms with Gasteiger partial charge in [-0.05, 0) is 30.7 Å². The maximum Gasteiger partial charge on any atom is 0.343 e. The Bertz CT molecular complexity index is 1150. The van der Waals surface area contributed by atoms with Crippen LogP contribution in [0.2, 0.25) is 0 Å². The Labute approximate surface area is 174 Å². The fraction of sp³-hybridized carbons (Fsp3) is 0.227. The number of hydrogen-bond acceptors (Lipinski definition) is 7. The molecule has 0 atom stereocenters. The first-order chi connectivity index (χ1) is 14.3. The van der Waals surface area contributed by atoms with Crippen molar-refractivity contribution in [2.24, 2.45) is 5.10 Å². The number of aromatic nitrogens is 3. The number of carbonyl (C=O) groups excluding carboxylic acids is 1. The first-order valence-corrected chi connectivity index (χ1v) is 9.39. The zero-order chi connectivity index (χ0) is 21.7. The van der Waals surface area contributed by atoms with Crippen LogP contribution in [-0.4, -0.2) is 27.4 Å². The molecule has 0 saturated carbocycles. The number of ether oxygens (including phenoxy) is 1. The van der Waals surface area contributed by atoms with Gasteiger partial charge in [0.1, 0.15) is 11.4 Å². The summed E-state index contributed by atoms with van der Waals surface area (Å²) in [4.78, 5) is 27.2. The van der Waals surface area contributed by atoms with Crippen LogP contribution in [0, 0.1) is 6.92 Å². The van der Waals surface area contributed by atoms with Crippen molar-refractivity contribution in [3.05, 3.63) is 81.3 Å². The van der Waals surface area contributed by atoms with Gasteiger partial charge in [-0.1, -0.05) is 51.1 Å². The minimum absolute atomic E-state index is 0.110. The summed E-state index contributed by atoms with van der Waals surface area (Å²) in [6, 6.07) is 14.2. The van der Waals surface area contributed by atoms with Gasteiger partial charge in [-0.2, -0.15) is 5.10 Å². The maximum atomic E-state index is 12.5. The number of anilines is 1. The molecule has 30 heavy (non-hydrogen) atoms. The molecule has 0 aliphatic heterocycles. The molecule has 0 fully saturated rings. The van der Waals surface area contributed by atoms with Crippen LogP contribution >= 0.6 is 0 Å². The first-order valence-electron chi connectivity index (χ1n) is 9.39. The molecule has 3 rings (SSSR count). The second kappa shape index (κ2) is 8.69. The highest BCUT2D eigenvalue weighted by Crippen LogP contribution is 2.19. The van der Waals surface area contributed by atoms with Crippen molar-refractivity contribution in [2.45, 2.75) is 33.1 Å². The molecule has 0 unspecified atom stereocenters. The van der Waals surface area contributed by atoms with Crippen molar-refractivity contribution in [1.29, 1.82) is 0 Å². The molecular formula is C22H23N5O3. The molecule has 0 aliphatic rings. The highest BCUT2D eigenvalue weighted by molar-refractivity contribution is 5.94. The summed E-state index contributed by atoms with van der Waals surface area (Å²) in [7, 11) is 0. The summed E-state index contributed by atoms with van der Waals surface area (Å²) in [5.41, 5.74) is 4.13. The number of para-hydroxylation sites is 1. The van der Waals surface area contributed by atoms with Gasteiger partial charge in [-0.25, -0.2) is 10.2 Å². The van der Waals surface area contributed by atoms with Crippen molar-refractivity contribution in [2.75, 3.05) is 5.43 Å². The molecule has 2 aromatic carbocycles. The third-order valence-electron chi connectivity index (χ3n) is 4.27. The fourth-order valence-corrected chi connectivity index (χ4v) is 2.68. The molecule has 0 spiro atoms. The summed E-state index contributed by atoms with van der Waals surface area (Å²) in [5.74, 6) is 0.0208. The van der Waals surface area contributed by atoms with Crippen LogP contribution in [0.5, 0.6) is 5.75 Å². The number of benzene rings is 2. The van der Waals surface area contributed by atoms with Gasteiger partial charge < -0.3 is 4.74 Å². The second-order valence-corrected chi connectivity index (χ2v) is 7.71. The number of hydrazone groups is 1. The lowest BCUT2D eigenvalue weighted by Gasteiger charge is -2.15. The van der Waals surface area contributed by atoms with Crippen molar-refractivity contribution in [1.82, 2.24) is 15.2 Å². The molecule has 0 aliphatic carbocycles. The van der Waals surface area contributed by atoms with E-state index in [1.54, 1.807) is 36.4 Å². The second-order valence-electron chi connectivity index (χ2n) is 7.71. The highest BCUT2D eigenvalue weighted by Gasteiger charge is 2.20. The number of esters is 1. The van der Waals surface area contributed by atoms with Crippen LogP contribution in [0.4, 0.5) is 5.95 Å². The van der Waals surface area contributed by atoms with E-state index >= 15 is 0 Å². The Morgan fingerprint density at radius 2 is 1.80 bits per heavy atom. The standard InChI is InChI=1S/C22H23N5O3/c1-14-9-5-7-11-16(14)20(29)30-17-12-8-6-10-15(17)13-23-26-21-24-19(28)18(25-27-21)22(2,3)4/h5-13H,1-4H3,(H2,24,26,27,28)/b23-13-. The smallest absolute Gasteiger partial charge is 0.343 e. The molecular weight excluding hydrogens is 382 g/mol. The van der Waals surface area contributed by atoms with Crippen molar-refractivity contribution in [3.8, 4) is 5.75 Å².